The molecule has 0 aliphatic heterocycles. The van der Waals surface area contributed by atoms with Crippen LogP contribution >= 0.6 is 0 Å². The molecule has 0 saturated carbocycles. The molecule has 0 saturated heterocycles. The van der Waals surface area contributed by atoms with Crippen molar-refractivity contribution >= 4 is 0 Å². The summed E-state index contributed by atoms with van der Waals surface area (Å²) in [6, 6.07) is 0. The quantitative estimate of drug-likeness (QED) is 0.131. The molecule has 0 N–H and O–H groups in total. The lowest BCUT2D eigenvalue weighted by molar-refractivity contribution is -0.678. The molecule has 2 nitrogen and oxygen atoms in total. The normalized spacial score (nSPS) is 11.4. The Labute approximate surface area is 189 Å². The second kappa shape index (κ2) is 20.1. The zero-order valence-corrected chi connectivity index (χ0v) is 21.1. The van der Waals surface area contributed by atoms with Crippen molar-refractivity contribution in [3.63, 3.8) is 0 Å². The first-order valence-electron chi connectivity index (χ1n) is 13.8. The predicted molar refractivity (Wildman–Crippen MR) is 133 cm³/mol. The first-order chi connectivity index (χ1) is 14.8. The smallest absolute Gasteiger partial charge is 0.237 e. The second-order valence-corrected chi connectivity index (χ2v) is 9.63. The Kier molecular flexibility index (Phi) is 18.3. The summed E-state index contributed by atoms with van der Waals surface area (Å²) in [5, 5.41) is 0. The fourth-order valence-electron chi connectivity index (χ4n) is 4.62. The summed E-state index contributed by atoms with van der Waals surface area (Å²) in [7, 11) is 2.21. The maximum Gasteiger partial charge on any atom is 0.256 e. The molecule has 0 atom stereocenters. The van der Waals surface area contributed by atoms with Gasteiger partial charge in [-0.15, -0.1) is 0 Å². The van der Waals surface area contributed by atoms with Gasteiger partial charge in [0.1, 0.15) is 12.4 Å². The predicted octanol–water partition coefficient (Wildman–Crippen LogP) is 8.70. The highest BCUT2D eigenvalue weighted by Gasteiger charge is 2.13. The Morgan fingerprint density at radius 2 is 0.967 bits per heavy atom. The van der Waals surface area contributed by atoms with E-state index in [-0.39, 0.29) is 0 Å². The highest BCUT2D eigenvalue weighted by atomic mass is 15.1. The third-order valence-electron chi connectivity index (χ3n) is 6.72. The molecule has 1 heterocycles. The van der Waals surface area contributed by atoms with E-state index in [1.165, 1.54) is 147 Å². The number of aromatic nitrogens is 2. The Morgan fingerprint density at radius 3 is 1.43 bits per heavy atom. The van der Waals surface area contributed by atoms with Crippen molar-refractivity contribution in [1.82, 2.24) is 4.57 Å². The summed E-state index contributed by atoms with van der Waals surface area (Å²) in [6.45, 7) is 5.80. The topological polar surface area (TPSA) is 8.81 Å². The van der Waals surface area contributed by atoms with E-state index in [4.69, 9.17) is 0 Å². The minimum absolute atomic E-state index is 1.21. The monoisotopic (exact) mass is 419 g/mol. The van der Waals surface area contributed by atoms with Crippen molar-refractivity contribution in [2.75, 3.05) is 0 Å². The van der Waals surface area contributed by atoms with E-state index in [1.807, 2.05) is 0 Å². The van der Waals surface area contributed by atoms with Gasteiger partial charge >= 0.3 is 0 Å². The van der Waals surface area contributed by atoms with Crippen LogP contribution in [0.4, 0.5) is 0 Å². The van der Waals surface area contributed by atoms with Crippen molar-refractivity contribution in [3.8, 4) is 0 Å². The van der Waals surface area contributed by atoms with Gasteiger partial charge < -0.3 is 0 Å². The van der Waals surface area contributed by atoms with Crippen molar-refractivity contribution in [3.05, 3.63) is 18.2 Å². The van der Waals surface area contributed by atoms with Gasteiger partial charge in [-0.05, 0) is 19.3 Å². The Morgan fingerprint density at radius 1 is 0.567 bits per heavy atom. The summed E-state index contributed by atoms with van der Waals surface area (Å²) in [6.07, 6.45) is 34.3. The zero-order valence-electron chi connectivity index (χ0n) is 21.1. The van der Waals surface area contributed by atoms with E-state index >= 15 is 0 Å². The molecule has 0 aliphatic carbocycles. The molecule has 1 aromatic rings. The second-order valence-electron chi connectivity index (χ2n) is 9.63. The number of aryl methyl sites for hydroxylation is 2. The fraction of sp³-hybridized carbons (Fsp3) is 0.893. The lowest BCUT2D eigenvalue weighted by Crippen LogP contribution is -2.32. The van der Waals surface area contributed by atoms with Crippen LogP contribution in [0.3, 0.4) is 0 Å². The van der Waals surface area contributed by atoms with Crippen molar-refractivity contribution in [1.29, 1.82) is 0 Å². The average molecular weight is 420 g/mol. The molecule has 1 aromatic heterocycles. The maximum atomic E-state index is 2.51. The van der Waals surface area contributed by atoms with Crippen LogP contribution in [0.25, 0.3) is 0 Å². The molecule has 0 amide bonds. The van der Waals surface area contributed by atoms with Crippen molar-refractivity contribution in [2.45, 2.75) is 155 Å². The van der Waals surface area contributed by atoms with Gasteiger partial charge in [-0.1, -0.05) is 123 Å². The molecular weight excluding hydrogens is 364 g/mol. The molecule has 0 spiro atoms. The first kappa shape index (κ1) is 27.2. The van der Waals surface area contributed by atoms with Gasteiger partial charge in [0.15, 0.2) is 0 Å². The minimum Gasteiger partial charge on any atom is -0.237 e. The Bertz CT molecular complexity index is 477. The molecule has 0 radical (unpaired) electrons. The molecule has 2 heteroatoms. The first-order valence-corrected chi connectivity index (χ1v) is 13.8. The van der Waals surface area contributed by atoms with E-state index in [9.17, 15) is 0 Å². The molecule has 176 valence electrons. The highest BCUT2D eigenvalue weighted by molar-refractivity contribution is 4.84. The van der Waals surface area contributed by atoms with Crippen molar-refractivity contribution in [2.24, 2.45) is 7.05 Å². The third-order valence-corrected chi connectivity index (χ3v) is 6.72. The molecule has 0 bridgehead atoms. The van der Waals surface area contributed by atoms with Crippen LogP contribution < -0.4 is 4.57 Å². The standard InChI is InChI=1S/C28H55N2/c1-4-6-8-10-11-12-13-14-15-16-17-18-19-20-21-23-25-30-27-26-29(3)28(30)24-22-9-7-5-2/h26-27H,4-25H2,1-3H3/q+1. The van der Waals surface area contributed by atoms with Gasteiger partial charge in [0.25, 0.3) is 5.82 Å². The summed E-state index contributed by atoms with van der Waals surface area (Å²) in [5.74, 6) is 1.52. The minimum atomic E-state index is 1.21. The van der Waals surface area contributed by atoms with E-state index in [0.29, 0.717) is 0 Å². The summed E-state index contributed by atoms with van der Waals surface area (Å²) in [5.41, 5.74) is 0. The van der Waals surface area contributed by atoms with Gasteiger partial charge in [-0.25, -0.2) is 9.13 Å². The Hall–Kier alpha value is -0.790. The number of hydrogen-bond donors (Lipinski definition) is 0. The zero-order chi connectivity index (χ0) is 21.7. The average Bonchev–Trinajstić information content (AvgIpc) is 3.10. The number of imidazole rings is 1. The lowest BCUT2D eigenvalue weighted by atomic mass is 10.0. The van der Waals surface area contributed by atoms with Gasteiger partial charge in [-0.2, -0.15) is 0 Å². The van der Waals surface area contributed by atoms with E-state index in [1.54, 1.807) is 0 Å². The van der Waals surface area contributed by atoms with Crippen LogP contribution in [-0.4, -0.2) is 4.57 Å². The van der Waals surface area contributed by atoms with Gasteiger partial charge in [0.2, 0.25) is 0 Å². The molecular formula is C28H55N2+. The maximum absolute atomic E-state index is 2.51. The summed E-state index contributed by atoms with van der Waals surface area (Å²) in [4.78, 5) is 0. The number of hydrogen-bond acceptors (Lipinski definition) is 0. The van der Waals surface area contributed by atoms with Crippen LogP contribution in [-0.2, 0) is 20.0 Å². The number of nitrogens with zero attached hydrogens (tertiary/aromatic N) is 2. The third kappa shape index (κ3) is 14.3. The van der Waals surface area contributed by atoms with Crippen molar-refractivity contribution < 1.29 is 4.57 Å². The SMILES string of the molecule is CCCCCCCCCCCCCCCCCCn1cc[n+](C)c1CCCCCC. The summed E-state index contributed by atoms with van der Waals surface area (Å²) >= 11 is 0. The molecule has 0 aromatic carbocycles. The number of unbranched alkanes of at least 4 members (excludes halogenated alkanes) is 18. The van der Waals surface area contributed by atoms with E-state index in [0.717, 1.165) is 0 Å². The molecule has 0 unspecified atom stereocenters. The molecule has 30 heavy (non-hydrogen) atoms. The van der Waals surface area contributed by atoms with Crippen LogP contribution in [0.2, 0.25) is 0 Å². The molecule has 0 fully saturated rings. The van der Waals surface area contributed by atoms with Crippen LogP contribution in [0.1, 0.15) is 148 Å². The van der Waals surface area contributed by atoms with Gasteiger partial charge in [0.05, 0.1) is 13.6 Å². The molecule has 1 rings (SSSR count). The largest absolute Gasteiger partial charge is 0.256 e. The summed E-state index contributed by atoms with van der Waals surface area (Å²) < 4.78 is 4.84. The molecule has 0 aliphatic rings. The van der Waals surface area contributed by atoms with E-state index < -0.39 is 0 Å². The van der Waals surface area contributed by atoms with Crippen LogP contribution in [0.5, 0.6) is 0 Å². The Balaban J connectivity index is 1.90. The lowest BCUT2D eigenvalue weighted by Gasteiger charge is -2.05. The van der Waals surface area contributed by atoms with Gasteiger partial charge in [0, 0.05) is 6.42 Å². The van der Waals surface area contributed by atoms with Gasteiger partial charge in [-0.3, -0.25) is 0 Å². The van der Waals surface area contributed by atoms with Crippen LogP contribution in [0.15, 0.2) is 12.4 Å². The number of rotatable bonds is 22. The fourth-order valence-corrected chi connectivity index (χ4v) is 4.62. The van der Waals surface area contributed by atoms with Crippen LogP contribution in [0, 0.1) is 0 Å². The highest BCUT2D eigenvalue weighted by Crippen LogP contribution is 2.14. The van der Waals surface area contributed by atoms with E-state index in [2.05, 4.69) is 42.4 Å².